The number of rotatable bonds is 7. The Bertz CT molecular complexity index is 1530. The molecule has 0 spiro atoms. The Morgan fingerprint density at radius 3 is 2.50 bits per heavy atom. The summed E-state index contributed by atoms with van der Waals surface area (Å²) >= 11 is 1.47. The van der Waals surface area contributed by atoms with Crippen LogP contribution < -0.4 is 10.2 Å². The molecule has 1 aromatic heterocycles. The maximum Gasteiger partial charge on any atom is 0.240 e. The molecule has 0 saturated carbocycles. The largest absolute Gasteiger partial charge is 0.352 e. The van der Waals surface area contributed by atoms with Crippen LogP contribution in [-0.4, -0.2) is 39.9 Å². The van der Waals surface area contributed by atoms with E-state index in [9.17, 15) is 14.0 Å². The zero-order chi connectivity index (χ0) is 28.4. The number of halogens is 1. The highest BCUT2D eigenvalue weighted by Crippen LogP contribution is 2.48. The fraction of sp³-hybridized carbons (Fsp3) is 0.281. The third kappa shape index (κ3) is 5.54. The lowest BCUT2D eigenvalue weighted by molar-refractivity contribution is -0.123. The van der Waals surface area contributed by atoms with Crippen LogP contribution in [0.4, 0.5) is 10.2 Å². The highest BCUT2D eigenvalue weighted by Gasteiger charge is 2.38. The zero-order valence-electron chi connectivity index (χ0n) is 23.1. The average Bonchev–Trinajstić information content (AvgIpc) is 3.26. The molecule has 2 atom stereocenters. The van der Waals surface area contributed by atoms with Gasteiger partial charge in [0.2, 0.25) is 11.8 Å². The van der Waals surface area contributed by atoms with Crippen LogP contribution in [0.5, 0.6) is 0 Å². The number of carbonyl (C=O) groups excluding carboxylic acids is 2. The summed E-state index contributed by atoms with van der Waals surface area (Å²) in [5, 5.41) is 7.83. The molecular formula is C32H33FN4O2S. The van der Waals surface area contributed by atoms with E-state index in [4.69, 9.17) is 5.10 Å². The van der Waals surface area contributed by atoms with Gasteiger partial charge >= 0.3 is 0 Å². The van der Waals surface area contributed by atoms with Crippen LogP contribution >= 0.6 is 11.8 Å². The fourth-order valence-electron chi connectivity index (χ4n) is 5.01. The zero-order valence-corrected chi connectivity index (χ0v) is 24.0. The number of hydrogen-bond donors (Lipinski definition) is 1. The summed E-state index contributed by atoms with van der Waals surface area (Å²) in [6, 6.07) is 22.3. The number of benzene rings is 3. The van der Waals surface area contributed by atoms with E-state index >= 15 is 0 Å². The van der Waals surface area contributed by atoms with E-state index in [2.05, 4.69) is 11.4 Å². The Morgan fingerprint density at radius 2 is 1.82 bits per heavy atom. The van der Waals surface area contributed by atoms with Crippen LogP contribution in [0.1, 0.15) is 47.8 Å². The first-order valence-electron chi connectivity index (χ1n) is 13.5. The lowest BCUT2D eigenvalue weighted by Gasteiger charge is -2.24. The van der Waals surface area contributed by atoms with Gasteiger partial charge in [-0.05, 0) is 56.5 Å². The number of aryl methyl sites for hydroxylation is 2. The second kappa shape index (κ2) is 11.7. The summed E-state index contributed by atoms with van der Waals surface area (Å²) in [7, 11) is 0. The number of hydrogen-bond acceptors (Lipinski definition) is 4. The second-order valence-electron chi connectivity index (χ2n) is 10.3. The van der Waals surface area contributed by atoms with Crippen molar-refractivity contribution in [3.63, 3.8) is 0 Å². The van der Waals surface area contributed by atoms with Crippen molar-refractivity contribution in [3.05, 3.63) is 101 Å². The molecule has 6 nitrogen and oxygen atoms in total. The molecule has 2 amide bonds. The van der Waals surface area contributed by atoms with Crippen LogP contribution in [0.15, 0.2) is 72.8 Å². The topological polar surface area (TPSA) is 67.2 Å². The second-order valence-corrected chi connectivity index (χ2v) is 11.3. The van der Waals surface area contributed by atoms with Crippen molar-refractivity contribution in [2.24, 2.45) is 0 Å². The van der Waals surface area contributed by atoms with Crippen molar-refractivity contribution in [2.45, 2.75) is 45.4 Å². The third-order valence-electron chi connectivity index (χ3n) is 7.21. The van der Waals surface area contributed by atoms with E-state index < -0.39 is 0 Å². The summed E-state index contributed by atoms with van der Waals surface area (Å²) in [4.78, 5) is 28.6. The van der Waals surface area contributed by atoms with Gasteiger partial charge in [-0.3, -0.25) is 14.5 Å². The first-order valence-corrected chi connectivity index (χ1v) is 14.5. The summed E-state index contributed by atoms with van der Waals surface area (Å²) in [6.45, 7) is 7.87. The van der Waals surface area contributed by atoms with Crippen molar-refractivity contribution in [1.82, 2.24) is 15.1 Å². The van der Waals surface area contributed by atoms with Gasteiger partial charge in [-0.1, -0.05) is 67.1 Å². The van der Waals surface area contributed by atoms with E-state index in [1.54, 1.807) is 17.0 Å². The van der Waals surface area contributed by atoms with Gasteiger partial charge in [-0.2, -0.15) is 5.10 Å². The number of fused-ring (bicyclic) bond motifs is 1. The Hall–Kier alpha value is -3.91. The maximum atomic E-state index is 13.9. The minimum atomic E-state index is -0.323. The minimum Gasteiger partial charge on any atom is -0.352 e. The molecule has 1 aliphatic heterocycles. The Balaban J connectivity index is 1.79. The normalized spacial score (nSPS) is 15.9. The number of nitrogens with zero attached hydrogens (tertiary/aromatic N) is 3. The maximum absolute atomic E-state index is 13.9. The molecule has 0 aliphatic carbocycles. The summed E-state index contributed by atoms with van der Waals surface area (Å²) in [5.41, 5.74) is 6.25. The Kier molecular flexibility index (Phi) is 8.07. The molecule has 0 unspecified atom stereocenters. The molecule has 206 valence electrons. The molecule has 8 heteroatoms. The molecule has 4 aromatic rings. The van der Waals surface area contributed by atoms with Crippen LogP contribution in [0.2, 0.25) is 0 Å². The number of aromatic nitrogens is 2. The Morgan fingerprint density at radius 1 is 1.10 bits per heavy atom. The number of nitrogens with one attached hydrogen (secondary N) is 1. The van der Waals surface area contributed by atoms with Crippen molar-refractivity contribution in [3.8, 4) is 16.9 Å². The van der Waals surface area contributed by atoms with Crippen LogP contribution in [-0.2, 0) is 9.59 Å². The average molecular weight is 557 g/mol. The monoisotopic (exact) mass is 556 g/mol. The van der Waals surface area contributed by atoms with Gasteiger partial charge in [0, 0.05) is 17.2 Å². The van der Waals surface area contributed by atoms with Gasteiger partial charge in [0.25, 0.3) is 0 Å². The number of carbonyl (C=O) groups is 2. The molecule has 1 N–H and O–H groups in total. The van der Waals surface area contributed by atoms with Gasteiger partial charge in [0.15, 0.2) is 0 Å². The van der Waals surface area contributed by atoms with Gasteiger partial charge in [-0.15, -0.1) is 11.8 Å². The molecule has 0 bridgehead atoms. The van der Waals surface area contributed by atoms with E-state index in [1.807, 2.05) is 74.8 Å². The molecule has 5 rings (SSSR count). The lowest BCUT2D eigenvalue weighted by atomic mass is 9.99. The van der Waals surface area contributed by atoms with Crippen molar-refractivity contribution in [2.75, 3.05) is 17.2 Å². The minimum absolute atomic E-state index is 0.0143. The van der Waals surface area contributed by atoms with E-state index in [-0.39, 0.29) is 41.2 Å². The first kappa shape index (κ1) is 27.6. The number of amides is 2. The van der Waals surface area contributed by atoms with Crippen molar-refractivity contribution >= 4 is 29.4 Å². The van der Waals surface area contributed by atoms with Crippen molar-refractivity contribution < 1.29 is 14.0 Å². The third-order valence-corrected chi connectivity index (χ3v) is 8.47. The molecular weight excluding hydrogens is 523 g/mol. The molecule has 3 aromatic carbocycles. The fourth-order valence-corrected chi connectivity index (χ4v) is 6.20. The molecule has 0 saturated heterocycles. The smallest absolute Gasteiger partial charge is 0.240 e. The lowest BCUT2D eigenvalue weighted by Crippen LogP contribution is -2.44. The predicted octanol–water partition coefficient (Wildman–Crippen LogP) is 6.38. The summed E-state index contributed by atoms with van der Waals surface area (Å²) in [6.07, 6.45) is 0.784. The molecule has 2 heterocycles. The quantitative estimate of drug-likeness (QED) is 0.287. The standard InChI is InChI=1S/C32H33FN4O2S/c1-5-22(4)34-27(38)18-36-28(39)19-40-31(24-12-14-25(33)15-13-24)29-30(23-9-7-6-8-10-23)35-37(32(29)36)26-16-11-20(2)17-21(26)3/h6-17,22,31H,5,18-19H2,1-4H3,(H,34,38)/t22-,31-/m1/s1. The van der Waals surface area contributed by atoms with Gasteiger partial charge in [-0.25, -0.2) is 9.07 Å². The van der Waals surface area contributed by atoms with Crippen LogP contribution in [0.3, 0.4) is 0 Å². The van der Waals surface area contributed by atoms with Gasteiger partial charge < -0.3 is 5.32 Å². The van der Waals surface area contributed by atoms with Crippen molar-refractivity contribution in [1.29, 1.82) is 0 Å². The highest BCUT2D eigenvalue weighted by molar-refractivity contribution is 8.00. The van der Waals surface area contributed by atoms with Crippen LogP contribution in [0.25, 0.3) is 16.9 Å². The molecule has 0 fully saturated rings. The highest BCUT2D eigenvalue weighted by atomic mass is 32.2. The Labute approximate surface area is 238 Å². The number of thioether (sulfide) groups is 1. The number of anilines is 1. The summed E-state index contributed by atoms with van der Waals surface area (Å²) in [5.74, 6) is -0.00559. The predicted molar refractivity (Wildman–Crippen MR) is 159 cm³/mol. The van der Waals surface area contributed by atoms with Gasteiger partial charge in [0.05, 0.1) is 22.4 Å². The van der Waals surface area contributed by atoms with Crippen LogP contribution in [0, 0.1) is 19.7 Å². The molecule has 40 heavy (non-hydrogen) atoms. The van der Waals surface area contributed by atoms with E-state index in [0.29, 0.717) is 5.82 Å². The molecule has 1 aliphatic rings. The first-order chi connectivity index (χ1) is 19.3. The SMILES string of the molecule is CC[C@@H](C)NC(=O)CN1C(=O)CS[C@H](c2ccc(F)cc2)c2c(-c3ccccc3)nn(-c3ccc(C)cc3C)c21. The summed E-state index contributed by atoms with van der Waals surface area (Å²) < 4.78 is 15.8. The van der Waals surface area contributed by atoms with Gasteiger partial charge in [0.1, 0.15) is 18.2 Å². The van der Waals surface area contributed by atoms with E-state index in [1.165, 1.54) is 23.9 Å². The molecule has 0 radical (unpaired) electrons. The van der Waals surface area contributed by atoms with E-state index in [0.717, 1.165) is 45.6 Å².